The van der Waals surface area contributed by atoms with Gasteiger partial charge in [-0.2, -0.15) is 0 Å². The van der Waals surface area contributed by atoms with Crippen molar-refractivity contribution in [2.24, 2.45) is 0 Å². The number of nitrogens with one attached hydrogen (secondary N) is 1. The molecule has 0 bridgehead atoms. The van der Waals surface area contributed by atoms with Gasteiger partial charge in [-0.15, -0.1) is 0 Å². The molecule has 1 heterocycles. The van der Waals surface area contributed by atoms with Crippen LogP contribution in [0.15, 0.2) is 6.33 Å². The minimum absolute atomic E-state index is 0.370. The van der Waals surface area contributed by atoms with E-state index in [-0.39, 0.29) is 0 Å². The van der Waals surface area contributed by atoms with Crippen LogP contribution in [0.4, 0.5) is 5.82 Å². The fraction of sp³-hybridized carbons (Fsp3) is 0.692. The number of hydrogen-bond acceptors (Lipinski definition) is 4. The van der Waals surface area contributed by atoms with E-state index in [4.69, 9.17) is 4.74 Å². The predicted octanol–water partition coefficient (Wildman–Crippen LogP) is 2.79. The predicted molar refractivity (Wildman–Crippen MR) is 68.5 cm³/mol. The summed E-state index contributed by atoms with van der Waals surface area (Å²) in [6, 6.07) is 0. The van der Waals surface area contributed by atoms with Crippen molar-refractivity contribution in [2.45, 2.75) is 52.1 Å². The smallest absolute Gasteiger partial charge is 0.222 e. The summed E-state index contributed by atoms with van der Waals surface area (Å²) in [4.78, 5) is 8.59. The van der Waals surface area contributed by atoms with Crippen molar-refractivity contribution in [1.82, 2.24) is 9.97 Å². The summed E-state index contributed by atoms with van der Waals surface area (Å²) in [7, 11) is 0. The largest absolute Gasteiger partial charge is 0.474 e. The lowest BCUT2D eigenvalue weighted by molar-refractivity contribution is 0.113. The van der Waals surface area contributed by atoms with Crippen LogP contribution in [-0.4, -0.2) is 22.6 Å². The number of rotatable bonds is 6. The van der Waals surface area contributed by atoms with E-state index < -0.39 is 0 Å². The molecule has 1 saturated carbocycles. The van der Waals surface area contributed by atoms with E-state index in [0.717, 1.165) is 49.5 Å². The van der Waals surface area contributed by atoms with Crippen LogP contribution in [0.5, 0.6) is 5.88 Å². The van der Waals surface area contributed by atoms with Gasteiger partial charge in [0.25, 0.3) is 0 Å². The van der Waals surface area contributed by atoms with Gasteiger partial charge < -0.3 is 10.1 Å². The topological polar surface area (TPSA) is 47.0 Å². The Morgan fingerprint density at radius 2 is 2.18 bits per heavy atom. The van der Waals surface area contributed by atoms with Crippen LogP contribution >= 0.6 is 0 Å². The van der Waals surface area contributed by atoms with Gasteiger partial charge in [-0.3, -0.25) is 0 Å². The molecule has 1 aliphatic carbocycles. The van der Waals surface area contributed by atoms with Crippen molar-refractivity contribution in [3.63, 3.8) is 0 Å². The first-order chi connectivity index (χ1) is 8.35. The quantitative estimate of drug-likeness (QED) is 0.823. The van der Waals surface area contributed by atoms with Gasteiger partial charge in [0.05, 0.1) is 5.56 Å². The zero-order chi connectivity index (χ0) is 12.1. The summed E-state index contributed by atoms with van der Waals surface area (Å²) in [5, 5.41) is 3.28. The van der Waals surface area contributed by atoms with Crippen LogP contribution in [0, 0.1) is 0 Å². The van der Waals surface area contributed by atoms with Crippen molar-refractivity contribution in [2.75, 3.05) is 11.9 Å². The molecule has 2 rings (SSSR count). The molecular weight excluding hydrogens is 214 g/mol. The van der Waals surface area contributed by atoms with Gasteiger partial charge in [-0.25, -0.2) is 9.97 Å². The summed E-state index contributed by atoms with van der Waals surface area (Å²) >= 11 is 0. The maximum Gasteiger partial charge on any atom is 0.222 e. The van der Waals surface area contributed by atoms with Gasteiger partial charge in [-0.05, 0) is 32.6 Å². The molecule has 0 spiro atoms. The SMILES string of the molecule is CCCc1c(NCC)ncnc1OC1CCC1. The van der Waals surface area contributed by atoms with Gasteiger partial charge in [0.1, 0.15) is 18.2 Å². The molecule has 0 saturated heterocycles. The molecule has 94 valence electrons. The third kappa shape index (κ3) is 2.87. The molecular formula is C13H21N3O. The Bertz CT molecular complexity index is 364. The molecule has 1 N–H and O–H groups in total. The molecule has 0 unspecified atom stereocenters. The second-order valence-corrected chi connectivity index (χ2v) is 4.46. The van der Waals surface area contributed by atoms with Crippen LogP contribution in [0.1, 0.15) is 45.1 Å². The number of aromatic nitrogens is 2. The van der Waals surface area contributed by atoms with E-state index in [2.05, 4.69) is 29.1 Å². The van der Waals surface area contributed by atoms with E-state index in [1.54, 1.807) is 6.33 Å². The minimum atomic E-state index is 0.370. The van der Waals surface area contributed by atoms with E-state index >= 15 is 0 Å². The Morgan fingerprint density at radius 3 is 2.76 bits per heavy atom. The molecule has 0 radical (unpaired) electrons. The molecule has 4 nitrogen and oxygen atoms in total. The normalized spacial score (nSPS) is 15.4. The average molecular weight is 235 g/mol. The average Bonchev–Trinajstić information content (AvgIpc) is 2.27. The number of anilines is 1. The Hall–Kier alpha value is -1.32. The fourth-order valence-electron chi connectivity index (χ4n) is 1.94. The zero-order valence-corrected chi connectivity index (χ0v) is 10.7. The highest BCUT2D eigenvalue weighted by atomic mass is 16.5. The molecule has 0 atom stereocenters. The van der Waals surface area contributed by atoms with Crippen LogP contribution in [0.2, 0.25) is 0 Å². The van der Waals surface area contributed by atoms with Gasteiger partial charge in [0.2, 0.25) is 5.88 Å². The first-order valence-electron chi connectivity index (χ1n) is 6.59. The molecule has 1 aromatic heterocycles. The van der Waals surface area contributed by atoms with Crippen molar-refractivity contribution in [1.29, 1.82) is 0 Å². The maximum atomic E-state index is 5.93. The van der Waals surface area contributed by atoms with Crippen molar-refractivity contribution in [3.05, 3.63) is 11.9 Å². The van der Waals surface area contributed by atoms with E-state index in [1.165, 1.54) is 6.42 Å². The van der Waals surface area contributed by atoms with Crippen LogP contribution in [0.25, 0.3) is 0 Å². The third-order valence-electron chi connectivity index (χ3n) is 3.08. The molecule has 0 amide bonds. The van der Waals surface area contributed by atoms with Crippen LogP contribution in [-0.2, 0) is 6.42 Å². The second-order valence-electron chi connectivity index (χ2n) is 4.46. The first-order valence-corrected chi connectivity index (χ1v) is 6.59. The highest BCUT2D eigenvalue weighted by Gasteiger charge is 2.22. The number of ether oxygens (including phenoxy) is 1. The molecule has 17 heavy (non-hydrogen) atoms. The lowest BCUT2D eigenvalue weighted by Crippen LogP contribution is -2.25. The number of hydrogen-bond donors (Lipinski definition) is 1. The molecule has 1 fully saturated rings. The Morgan fingerprint density at radius 1 is 1.35 bits per heavy atom. The van der Waals surface area contributed by atoms with E-state index in [9.17, 15) is 0 Å². The Labute approximate surface area is 103 Å². The summed E-state index contributed by atoms with van der Waals surface area (Å²) in [5.41, 5.74) is 1.13. The summed E-state index contributed by atoms with van der Waals surface area (Å²) in [6.45, 7) is 5.11. The van der Waals surface area contributed by atoms with Crippen molar-refractivity contribution >= 4 is 5.82 Å². The Kier molecular flexibility index (Phi) is 4.18. The van der Waals surface area contributed by atoms with Crippen molar-refractivity contribution in [3.8, 4) is 5.88 Å². The summed E-state index contributed by atoms with van der Waals surface area (Å²) in [5.74, 6) is 1.71. The molecule has 0 aromatic carbocycles. The standard InChI is InChI=1S/C13H21N3O/c1-3-6-11-12(14-4-2)15-9-16-13(11)17-10-7-5-8-10/h9-10H,3-8H2,1-2H3,(H,14,15,16). The Balaban J connectivity index is 2.18. The molecule has 4 heteroatoms. The number of nitrogens with zero attached hydrogens (tertiary/aromatic N) is 2. The van der Waals surface area contributed by atoms with Crippen molar-refractivity contribution < 1.29 is 4.74 Å². The van der Waals surface area contributed by atoms with Gasteiger partial charge in [0.15, 0.2) is 0 Å². The highest BCUT2D eigenvalue weighted by Crippen LogP contribution is 2.29. The molecule has 0 aliphatic heterocycles. The minimum Gasteiger partial charge on any atom is -0.474 e. The summed E-state index contributed by atoms with van der Waals surface area (Å²) < 4.78 is 5.93. The monoisotopic (exact) mass is 235 g/mol. The third-order valence-corrected chi connectivity index (χ3v) is 3.08. The highest BCUT2D eigenvalue weighted by molar-refractivity contribution is 5.48. The fourth-order valence-corrected chi connectivity index (χ4v) is 1.94. The molecule has 1 aliphatic rings. The zero-order valence-electron chi connectivity index (χ0n) is 10.7. The van der Waals surface area contributed by atoms with E-state index in [1.807, 2.05) is 0 Å². The lowest BCUT2D eigenvalue weighted by atomic mass is 9.96. The van der Waals surface area contributed by atoms with Crippen LogP contribution < -0.4 is 10.1 Å². The first kappa shape index (κ1) is 12.1. The summed E-state index contributed by atoms with van der Waals surface area (Å²) in [6.07, 6.45) is 7.59. The van der Waals surface area contributed by atoms with E-state index in [0.29, 0.717) is 6.10 Å². The van der Waals surface area contributed by atoms with Gasteiger partial charge in [-0.1, -0.05) is 13.3 Å². The maximum absolute atomic E-state index is 5.93. The van der Waals surface area contributed by atoms with Gasteiger partial charge >= 0.3 is 0 Å². The molecule has 1 aromatic rings. The second kappa shape index (κ2) is 5.84. The lowest BCUT2D eigenvalue weighted by Gasteiger charge is -2.27. The van der Waals surface area contributed by atoms with Crippen LogP contribution in [0.3, 0.4) is 0 Å². The van der Waals surface area contributed by atoms with Gasteiger partial charge in [0, 0.05) is 6.54 Å².